The van der Waals surface area contributed by atoms with Crippen LogP contribution in [-0.2, 0) is 0 Å². The average molecular weight is 245 g/mol. The highest BCUT2D eigenvalue weighted by molar-refractivity contribution is 5.94. The van der Waals surface area contributed by atoms with Crippen molar-refractivity contribution in [1.82, 2.24) is 5.32 Å². The van der Waals surface area contributed by atoms with Gasteiger partial charge in [-0.15, -0.1) is 0 Å². The van der Waals surface area contributed by atoms with Crippen molar-refractivity contribution in [3.8, 4) is 0 Å². The lowest BCUT2D eigenvalue weighted by Gasteiger charge is -2.15. The van der Waals surface area contributed by atoms with Crippen molar-refractivity contribution < 1.29 is 14.3 Å². The van der Waals surface area contributed by atoms with E-state index in [2.05, 4.69) is 5.32 Å². The van der Waals surface area contributed by atoms with Gasteiger partial charge in [0.05, 0.1) is 18.2 Å². The fourth-order valence-electron chi connectivity index (χ4n) is 1.72. The fraction of sp³-hybridized carbons (Fsp3) is 0.214. The Bertz CT molecular complexity index is 519. The average Bonchev–Trinajstić information content (AvgIpc) is 2.83. The minimum atomic E-state index is -0.408. The summed E-state index contributed by atoms with van der Waals surface area (Å²) in [5.74, 6) is 0.426. The second-order valence-corrected chi connectivity index (χ2v) is 4.07. The fourth-order valence-corrected chi connectivity index (χ4v) is 1.72. The van der Waals surface area contributed by atoms with Crippen LogP contribution in [0.25, 0.3) is 0 Å². The van der Waals surface area contributed by atoms with E-state index in [0.717, 1.165) is 5.56 Å². The predicted octanol–water partition coefficient (Wildman–Crippen LogP) is 2.05. The molecule has 0 aliphatic rings. The van der Waals surface area contributed by atoms with E-state index in [1.165, 1.54) is 6.26 Å². The van der Waals surface area contributed by atoms with Crippen LogP contribution in [0.4, 0.5) is 0 Å². The van der Waals surface area contributed by atoms with Crippen molar-refractivity contribution in [3.63, 3.8) is 0 Å². The van der Waals surface area contributed by atoms with Crippen LogP contribution >= 0.6 is 0 Å². The molecule has 94 valence electrons. The first-order chi connectivity index (χ1) is 8.70. The molecule has 0 radical (unpaired) electrons. The van der Waals surface area contributed by atoms with Gasteiger partial charge in [-0.25, -0.2) is 0 Å². The van der Waals surface area contributed by atoms with Crippen molar-refractivity contribution in [2.45, 2.75) is 13.0 Å². The SMILES string of the molecule is Cc1cc(C(=O)N[C@H](CO)c2ccccc2)co1. The van der Waals surface area contributed by atoms with E-state index in [-0.39, 0.29) is 12.5 Å². The van der Waals surface area contributed by atoms with Crippen LogP contribution in [0.5, 0.6) is 0 Å². The Kier molecular flexibility index (Phi) is 3.79. The molecule has 0 spiro atoms. The topological polar surface area (TPSA) is 62.5 Å². The van der Waals surface area contributed by atoms with Crippen LogP contribution in [0.3, 0.4) is 0 Å². The number of aliphatic hydroxyl groups is 1. The predicted molar refractivity (Wildman–Crippen MR) is 67.2 cm³/mol. The van der Waals surface area contributed by atoms with Crippen molar-refractivity contribution in [2.75, 3.05) is 6.61 Å². The molecule has 1 heterocycles. The highest BCUT2D eigenvalue weighted by Crippen LogP contribution is 2.13. The van der Waals surface area contributed by atoms with Gasteiger partial charge in [0.1, 0.15) is 12.0 Å². The highest BCUT2D eigenvalue weighted by atomic mass is 16.3. The first-order valence-corrected chi connectivity index (χ1v) is 5.72. The molecule has 1 aromatic heterocycles. The van der Waals surface area contributed by atoms with Gasteiger partial charge < -0.3 is 14.8 Å². The molecule has 1 amide bonds. The number of aliphatic hydroxyl groups excluding tert-OH is 1. The standard InChI is InChI=1S/C14H15NO3/c1-10-7-12(9-18-10)14(17)15-13(8-16)11-5-3-2-4-6-11/h2-7,9,13,16H,8H2,1H3,(H,15,17)/t13-/m1/s1. The third-order valence-corrected chi connectivity index (χ3v) is 2.68. The van der Waals surface area contributed by atoms with Crippen LogP contribution in [0, 0.1) is 6.92 Å². The summed E-state index contributed by atoms with van der Waals surface area (Å²) in [6.45, 7) is 1.63. The molecule has 18 heavy (non-hydrogen) atoms. The maximum absolute atomic E-state index is 11.9. The summed E-state index contributed by atoms with van der Waals surface area (Å²) in [5.41, 5.74) is 1.33. The molecule has 1 aromatic carbocycles. The number of amides is 1. The first kappa shape index (κ1) is 12.4. The minimum absolute atomic E-state index is 0.146. The number of nitrogens with one attached hydrogen (secondary N) is 1. The van der Waals surface area contributed by atoms with Gasteiger partial charge in [0.25, 0.3) is 5.91 Å². The monoisotopic (exact) mass is 245 g/mol. The third kappa shape index (κ3) is 2.78. The van der Waals surface area contributed by atoms with Gasteiger partial charge in [0, 0.05) is 0 Å². The van der Waals surface area contributed by atoms with Crippen LogP contribution in [-0.4, -0.2) is 17.6 Å². The molecule has 0 saturated heterocycles. The Morgan fingerprint density at radius 2 is 2.11 bits per heavy atom. The Morgan fingerprint density at radius 1 is 1.39 bits per heavy atom. The van der Waals surface area contributed by atoms with Crippen LogP contribution in [0.1, 0.15) is 27.7 Å². The van der Waals surface area contributed by atoms with E-state index < -0.39 is 6.04 Å². The summed E-state index contributed by atoms with van der Waals surface area (Å²) in [4.78, 5) is 11.9. The number of hydrogen-bond donors (Lipinski definition) is 2. The number of benzene rings is 1. The van der Waals surface area contributed by atoms with Crippen LogP contribution in [0.15, 0.2) is 47.1 Å². The highest BCUT2D eigenvalue weighted by Gasteiger charge is 2.15. The van der Waals surface area contributed by atoms with E-state index in [1.54, 1.807) is 13.0 Å². The molecule has 0 aliphatic heterocycles. The molecular formula is C14H15NO3. The van der Waals surface area contributed by atoms with Gasteiger partial charge in [-0.3, -0.25) is 4.79 Å². The number of furan rings is 1. The number of rotatable bonds is 4. The first-order valence-electron chi connectivity index (χ1n) is 5.72. The molecule has 2 rings (SSSR count). The zero-order valence-electron chi connectivity index (χ0n) is 10.1. The van der Waals surface area contributed by atoms with Gasteiger partial charge in [-0.1, -0.05) is 30.3 Å². The summed E-state index contributed by atoms with van der Waals surface area (Å²) in [6, 6.07) is 10.6. The van der Waals surface area contributed by atoms with Crippen LogP contribution in [0.2, 0.25) is 0 Å². The Balaban J connectivity index is 2.10. The molecule has 1 atom stereocenters. The molecule has 4 heteroatoms. The van der Waals surface area contributed by atoms with Gasteiger partial charge in [-0.2, -0.15) is 0 Å². The smallest absolute Gasteiger partial charge is 0.255 e. The van der Waals surface area contributed by atoms with Gasteiger partial charge >= 0.3 is 0 Å². The second-order valence-electron chi connectivity index (χ2n) is 4.07. The molecule has 0 aliphatic carbocycles. The van der Waals surface area contributed by atoms with Gasteiger partial charge in [0.15, 0.2) is 0 Å². The van der Waals surface area contributed by atoms with Crippen molar-refractivity contribution in [3.05, 3.63) is 59.5 Å². The zero-order valence-corrected chi connectivity index (χ0v) is 10.1. The minimum Gasteiger partial charge on any atom is -0.469 e. The quantitative estimate of drug-likeness (QED) is 0.866. The molecular weight excluding hydrogens is 230 g/mol. The number of hydrogen-bond acceptors (Lipinski definition) is 3. The lowest BCUT2D eigenvalue weighted by atomic mass is 10.1. The summed E-state index contributed by atoms with van der Waals surface area (Å²) in [6.07, 6.45) is 1.41. The van der Waals surface area contributed by atoms with Gasteiger partial charge in [0.2, 0.25) is 0 Å². The van der Waals surface area contributed by atoms with E-state index in [1.807, 2.05) is 30.3 Å². The number of carbonyl (C=O) groups is 1. The lowest BCUT2D eigenvalue weighted by molar-refractivity contribution is 0.0915. The summed E-state index contributed by atoms with van der Waals surface area (Å²) in [7, 11) is 0. The normalized spacial score (nSPS) is 12.1. The summed E-state index contributed by atoms with van der Waals surface area (Å²) in [5, 5.41) is 12.1. The zero-order chi connectivity index (χ0) is 13.0. The second kappa shape index (κ2) is 5.51. The lowest BCUT2D eigenvalue weighted by Crippen LogP contribution is -2.30. The van der Waals surface area contributed by atoms with Gasteiger partial charge in [-0.05, 0) is 18.6 Å². The van der Waals surface area contributed by atoms with Crippen molar-refractivity contribution in [1.29, 1.82) is 0 Å². The number of carbonyl (C=O) groups excluding carboxylic acids is 1. The van der Waals surface area contributed by atoms with Crippen molar-refractivity contribution >= 4 is 5.91 Å². The third-order valence-electron chi connectivity index (χ3n) is 2.68. The molecule has 0 saturated carbocycles. The van der Waals surface area contributed by atoms with E-state index in [9.17, 15) is 9.90 Å². The molecule has 0 bridgehead atoms. The van der Waals surface area contributed by atoms with Crippen molar-refractivity contribution in [2.24, 2.45) is 0 Å². The largest absolute Gasteiger partial charge is 0.469 e. The molecule has 2 aromatic rings. The molecule has 4 nitrogen and oxygen atoms in total. The molecule has 2 N–H and O–H groups in total. The number of aryl methyl sites for hydroxylation is 1. The molecule has 0 fully saturated rings. The summed E-state index contributed by atoms with van der Waals surface area (Å²) < 4.78 is 5.08. The van der Waals surface area contributed by atoms with E-state index in [4.69, 9.17) is 4.42 Å². The Labute approximate surface area is 105 Å². The molecule has 0 unspecified atom stereocenters. The summed E-state index contributed by atoms with van der Waals surface area (Å²) >= 11 is 0. The van der Waals surface area contributed by atoms with E-state index >= 15 is 0 Å². The Hall–Kier alpha value is -2.07. The Morgan fingerprint density at radius 3 is 2.67 bits per heavy atom. The maximum Gasteiger partial charge on any atom is 0.255 e. The maximum atomic E-state index is 11.9. The van der Waals surface area contributed by atoms with Crippen LogP contribution < -0.4 is 5.32 Å². The van der Waals surface area contributed by atoms with E-state index in [0.29, 0.717) is 11.3 Å².